The normalized spacial score (nSPS) is 11.7. The number of thiophene rings is 1. The Balaban J connectivity index is 1.08. The van der Waals surface area contributed by atoms with E-state index in [1.54, 1.807) is 0 Å². The highest BCUT2D eigenvalue weighted by Crippen LogP contribution is 2.49. The Morgan fingerprint density at radius 3 is 1.81 bits per heavy atom. The van der Waals surface area contributed by atoms with Gasteiger partial charge in [-0.15, -0.1) is 11.3 Å². The number of hydrogen-bond donors (Lipinski definition) is 0. The van der Waals surface area contributed by atoms with Crippen LogP contribution >= 0.6 is 11.3 Å². The highest BCUT2D eigenvalue weighted by molar-refractivity contribution is 7.25. The maximum atomic E-state index is 6.98. The van der Waals surface area contributed by atoms with E-state index in [2.05, 4.69) is 217 Å². The summed E-state index contributed by atoms with van der Waals surface area (Å²) >= 11 is 1.86. The molecule has 0 fully saturated rings. The van der Waals surface area contributed by atoms with Gasteiger partial charge in [0.1, 0.15) is 11.2 Å². The van der Waals surface area contributed by atoms with Crippen molar-refractivity contribution in [3.8, 4) is 33.4 Å². The molecule has 10 aromatic carbocycles. The lowest BCUT2D eigenvalue weighted by Crippen LogP contribution is -2.11. The molecule has 0 radical (unpaired) electrons. The van der Waals surface area contributed by atoms with Gasteiger partial charge >= 0.3 is 0 Å². The molecule has 0 bridgehead atoms. The average molecular weight is 770 g/mol. The molecular formula is C56H35NOS. The predicted octanol–water partition coefficient (Wildman–Crippen LogP) is 16.7. The van der Waals surface area contributed by atoms with Crippen molar-refractivity contribution in [3.05, 3.63) is 212 Å². The van der Waals surface area contributed by atoms with Gasteiger partial charge in [-0.25, -0.2) is 0 Å². The lowest BCUT2D eigenvalue weighted by Gasteiger charge is -2.28. The lowest BCUT2D eigenvalue weighted by atomic mass is 9.92. The number of para-hydroxylation sites is 1. The molecule has 12 aromatic rings. The van der Waals surface area contributed by atoms with Crippen molar-refractivity contribution < 1.29 is 4.42 Å². The zero-order valence-electron chi connectivity index (χ0n) is 32.0. The van der Waals surface area contributed by atoms with E-state index in [4.69, 9.17) is 4.42 Å². The van der Waals surface area contributed by atoms with E-state index < -0.39 is 0 Å². The van der Waals surface area contributed by atoms with E-state index in [1.807, 2.05) is 11.3 Å². The third-order valence-electron chi connectivity index (χ3n) is 11.9. The Morgan fingerprint density at radius 2 is 0.966 bits per heavy atom. The highest BCUT2D eigenvalue weighted by Gasteiger charge is 2.24. The molecule has 0 aliphatic heterocycles. The van der Waals surface area contributed by atoms with Crippen LogP contribution in [0.3, 0.4) is 0 Å². The van der Waals surface area contributed by atoms with Crippen molar-refractivity contribution in [2.24, 2.45) is 0 Å². The Kier molecular flexibility index (Phi) is 7.75. The Bertz CT molecular complexity index is 3560. The average Bonchev–Trinajstić information content (AvgIpc) is 3.88. The summed E-state index contributed by atoms with van der Waals surface area (Å²) in [6, 6.07) is 76.9. The Morgan fingerprint density at radius 1 is 0.356 bits per heavy atom. The van der Waals surface area contributed by atoms with Gasteiger partial charge in [0.15, 0.2) is 0 Å². The fourth-order valence-electron chi connectivity index (χ4n) is 9.15. The van der Waals surface area contributed by atoms with Gasteiger partial charge in [0, 0.05) is 42.2 Å². The van der Waals surface area contributed by atoms with Gasteiger partial charge in [0.25, 0.3) is 0 Å². The van der Waals surface area contributed by atoms with Crippen molar-refractivity contribution >= 4 is 92.1 Å². The van der Waals surface area contributed by atoms with Crippen molar-refractivity contribution in [2.45, 2.75) is 0 Å². The van der Waals surface area contributed by atoms with E-state index in [0.717, 1.165) is 50.1 Å². The second-order valence-corrected chi connectivity index (χ2v) is 16.3. The summed E-state index contributed by atoms with van der Waals surface area (Å²) in [5.74, 6) is 0. The summed E-state index contributed by atoms with van der Waals surface area (Å²) in [5.41, 5.74) is 12.0. The van der Waals surface area contributed by atoms with Gasteiger partial charge in [-0.1, -0.05) is 164 Å². The number of furan rings is 1. The molecule has 12 rings (SSSR count). The number of nitrogens with zero attached hydrogens (tertiary/aromatic N) is 1. The minimum absolute atomic E-state index is 0.865. The molecule has 0 atom stereocenters. The Hall–Kier alpha value is -7.46. The van der Waals surface area contributed by atoms with E-state index in [0.29, 0.717) is 0 Å². The van der Waals surface area contributed by atoms with Gasteiger partial charge in [0.05, 0.1) is 16.8 Å². The molecular weight excluding hydrogens is 735 g/mol. The summed E-state index contributed by atoms with van der Waals surface area (Å²) in [4.78, 5) is 2.42. The van der Waals surface area contributed by atoms with Gasteiger partial charge in [-0.05, 0) is 92.5 Å². The number of fused-ring (bicyclic) bond motifs is 8. The zero-order valence-corrected chi connectivity index (χ0v) is 32.8. The van der Waals surface area contributed by atoms with Crippen LogP contribution in [0.15, 0.2) is 217 Å². The summed E-state index contributed by atoms with van der Waals surface area (Å²) in [7, 11) is 0. The number of benzene rings is 10. The van der Waals surface area contributed by atoms with Gasteiger partial charge in [-0.2, -0.15) is 0 Å². The second kappa shape index (κ2) is 13.6. The largest absolute Gasteiger partial charge is 0.455 e. The maximum absolute atomic E-state index is 6.98. The minimum Gasteiger partial charge on any atom is -0.455 e. The van der Waals surface area contributed by atoms with Crippen molar-refractivity contribution in [1.82, 2.24) is 0 Å². The molecule has 0 unspecified atom stereocenters. The van der Waals surface area contributed by atoms with Crippen molar-refractivity contribution in [3.63, 3.8) is 0 Å². The van der Waals surface area contributed by atoms with Gasteiger partial charge < -0.3 is 9.32 Å². The molecule has 0 aliphatic carbocycles. The van der Waals surface area contributed by atoms with Crippen LogP contribution in [0.4, 0.5) is 17.1 Å². The molecule has 2 heterocycles. The molecule has 2 nitrogen and oxygen atoms in total. The summed E-state index contributed by atoms with van der Waals surface area (Å²) in [5, 5.41) is 9.64. The summed E-state index contributed by atoms with van der Waals surface area (Å²) in [6.07, 6.45) is 0. The summed E-state index contributed by atoms with van der Waals surface area (Å²) in [6.45, 7) is 0. The standard InChI is InChI=1S/C56H35NOS/c1-3-17-41-36(13-1)15-11-23-42(41)38-27-30-40(31-28-38)57(50-24-12-16-37-14-2-4-19-44(37)50)51-34-33-48(56-55(51)49-22-7-9-25-52(49)58-56)45-20-6-5-18-43(45)39-29-32-47-46-21-8-10-26-53(46)59-54(47)35-39/h1-35H. The van der Waals surface area contributed by atoms with Crippen molar-refractivity contribution in [1.29, 1.82) is 0 Å². The van der Waals surface area contributed by atoms with E-state index >= 15 is 0 Å². The van der Waals surface area contributed by atoms with E-state index in [1.165, 1.54) is 64.0 Å². The van der Waals surface area contributed by atoms with Crippen LogP contribution in [-0.2, 0) is 0 Å². The van der Waals surface area contributed by atoms with Gasteiger partial charge in [-0.3, -0.25) is 0 Å². The SMILES string of the molecule is c1ccc(-c2ccc(N(c3ccc(-c4cccc5ccccc45)cc3)c3cccc4ccccc34)c3c2oc2ccccc23)c(-c2ccc3c(c2)sc2ccccc23)c1. The first-order chi connectivity index (χ1) is 29.3. The number of rotatable bonds is 6. The molecule has 0 saturated heterocycles. The summed E-state index contributed by atoms with van der Waals surface area (Å²) < 4.78 is 9.59. The topological polar surface area (TPSA) is 16.4 Å². The third-order valence-corrected chi connectivity index (χ3v) is 13.0. The quantitative estimate of drug-likeness (QED) is 0.167. The van der Waals surface area contributed by atoms with Gasteiger partial charge in [0.2, 0.25) is 0 Å². The third kappa shape index (κ3) is 5.47. The molecule has 2 aromatic heterocycles. The highest BCUT2D eigenvalue weighted by atomic mass is 32.1. The zero-order chi connectivity index (χ0) is 38.9. The van der Waals surface area contributed by atoms with Crippen LogP contribution in [0.1, 0.15) is 0 Å². The maximum Gasteiger partial charge on any atom is 0.145 e. The van der Waals surface area contributed by atoms with Crippen LogP contribution < -0.4 is 4.90 Å². The Labute approximate surface area is 345 Å². The first-order valence-corrected chi connectivity index (χ1v) is 20.9. The predicted molar refractivity (Wildman–Crippen MR) is 253 cm³/mol. The number of hydrogen-bond acceptors (Lipinski definition) is 3. The first-order valence-electron chi connectivity index (χ1n) is 20.1. The number of anilines is 3. The fourth-order valence-corrected chi connectivity index (χ4v) is 10.3. The molecule has 0 saturated carbocycles. The van der Waals surface area contributed by atoms with E-state index in [9.17, 15) is 0 Å². The van der Waals surface area contributed by atoms with Crippen LogP contribution in [0, 0.1) is 0 Å². The minimum atomic E-state index is 0.865. The molecule has 276 valence electrons. The molecule has 59 heavy (non-hydrogen) atoms. The lowest BCUT2D eigenvalue weighted by molar-refractivity contribution is 0.670. The molecule has 0 amide bonds. The first kappa shape index (κ1) is 33.7. The van der Waals surface area contributed by atoms with Crippen molar-refractivity contribution in [2.75, 3.05) is 4.90 Å². The van der Waals surface area contributed by atoms with Crippen LogP contribution in [0.2, 0.25) is 0 Å². The molecule has 0 spiro atoms. The van der Waals surface area contributed by atoms with Crippen LogP contribution in [0.5, 0.6) is 0 Å². The van der Waals surface area contributed by atoms with Crippen LogP contribution in [-0.4, -0.2) is 0 Å². The second-order valence-electron chi connectivity index (χ2n) is 15.2. The van der Waals surface area contributed by atoms with Crippen LogP contribution in [0.25, 0.3) is 97.0 Å². The molecule has 3 heteroatoms. The molecule has 0 N–H and O–H groups in total. The fraction of sp³-hybridized carbons (Fsp3) is 0. The van der Waals surface area contributed by atoms with E-state index in [-0.39, 0.29) is 0 Å². The monoisotopic (exact) mass is 769 g/mol. The molecule has 0 aliphatic rings. The smallest absolute Gasteiger partial charge is 0.145 e.